The van der Waals surface area contributed by atoms with E-state index in [1.807, 2.05) is 0 Å². The first-order chi connectivity index (χ1) is 30.7. The molecule has 0 spiro atoms. The smallest absolute Gasteiger partial charge is 0.192 e. The molecule has 1 aromatic rings. The predicted molar refractivity (Wildman–Crippen MR) is 126 cm³/mol. The molecule has 1 rings (SSSR count). The highest BCUT2D eigenvalue weighted by atomic mass is 19.5. The van der Waals surface area contributed by atoms with Crippen LogP contribution in [0, 0.1) is 0 Å². The van der Waals surface area contributed by atoms with Crippen LogP contribution < -0.4 is 4.57 Å². The molecule has 1 heterocycles. The van der Waals surface area contributed by atoms with E-state index in [0.717, 1.165) is 0 Å². The first-order valence-electron chi connectivity index (χ1n) is 15.5. The fourth-order valence-corrected chi connectivity index (χ4v) is 4.51. The number of rotatable bonds is 20. The van der Waals surface area contributed by atoms with Crippen molar-refractivity contribution >= 4 is 0 Å². The summed E-state index contributed by atoms with van der Waals surface area (Å²) in [6.45, 7) is 0. The predicted octanol–water partition coefficient (Wildman–Crippen LogP) is 14.4. The fraction of sp³-hybridized carbons (Fsp3) is 0.880. The Morgan fingerprint density at radius 2 is 0.370 bits per heavy atom. The van der Waals surface area contributed by atoms with E-state index in [-0.39, 0.29) is 0 Å². The highest BCUT2D eigenvalue weighted by Gasteiger charge is 3.02. The van der Waals surface area contributed by atoms with Gasteiger partial charge in [0.25, 0.3) is 6.33 Å². The van der Waals surface area contributed by atoms with Crippen molar-refractivity contribution < 1.29 is 207 Å². The summed E-state index contributed by atoms with van der Waals surface area (Å²) in [6, 6.07) is -16.6. The lowest BCUT2D eigenvalue weighted by Crippen LogP contribution is -2.80. The highest BCUT2D eigenvalue weighted by Crippen LogP contribution is 2.70. The third-order valence-corrected chi connectivity index (χ3v) is 9.06. The zero-order valence-corrected chi connectivity index (χ0v) is 31.0. The standard InChI is InChI=1S/C25H3F46N2/c26-4(27,6(30,31)8(34,35)10(38,39)12(42,43)14(46,47)18(54,55)22(62,63)64)5(28,29)7(32,33)9(36,37)11(40,41)13(44,45)16(50,51)20(58,59)24(68,69)72-1-2-73(3-72)25(70,71)21(60,61)17(52,53)15(48,49)19(56,57)23(65,66)67/h1-3H/q+1. The van der Waals surface area contributed by atoms with Gasteiger partial charge in [-0.05, 0) is 0 Å². The van der Waals surface area contributed by atoms with Crippen molar-refractivity contribution in [2.75, 3.05) is 0 Å². The second-order valence-electron chi connectivity index (χ2n) is 13.6. The summed E-state index contributed by atoms with van der Waals surface area (Å²) >= 11 is 0. The zero-order valence-electron chi connectivity index (χ0n) is 31.0. The molecule has 0 amide bonds. The topological polar surface area (TPSA) is 8.81 Å². The molecule has 0 atom stereocenters. The minimum absolute atomic E-state index is 1.92. The maximum atomic E-state index is 14.5. The van der Waals surface area contributed by atoms with Crippen LogP contribution in [0.25, 0.3) is 0 Å². The van der Waals surface area contributed by atoms with E-state index in [4.69, 9.17) is 0 Å². The molecule has 0 aliphatic rings. The monoisotopic (exact) mass is 1200 g/mol. The number of halogens is 46. The summed E-state index contributed by atoms with van der Waals surface area (Å²) in [6.07, 6.45) is -23.2. The Hall–Kier alpha value is -4.01. The maximum absolute atomic E-state index is 14.5. The lowest BCUT2D eigenvalue weighted by atomic mass is 9.83. The average Bonchev–Trinajstić information content (AvgIpc) is 3.68. The second kappa shape index (κ2) is 16.3. The molecule has 0 aromatic carbocycles. The van der Waals surface area contributed by atoms with Crippen LogP contribution in [0.15, 0.2) is 18.7 Å². The summed E-state index contributed by atoms with van der Waals surface area (Å²) in [5, 5.41) is 0. The van der Waals surface area contributed by atoms with E-state index in [9.17, 15) is 202 Å². The summed E-state index contributed by atoms with van der Waals surface area (Å²) in [5.74, 6) is -177. The normalized spacial score (nSPS) is 17.2. The van der Waals surface area contributed by atoms with Gasteiger partial charge in [0.1, 0.15) is 12.4 Å². The van der Waals surface area contributed by atoms with Crippen LogP contribution in [0.5, 0.6) is 0 Å². The molecule has 48 heteroatoms. The molecule has 2 nitrogen and oxygen atoms in total. The van der Waals surface area contributed by atoms with Crippen LogP contribution in [0.3, 0.4) is 0 Å². The minimum Gasteiger partial charge on any atom is -0.192 e. The maximum Gasteiger partial charge on any atom is 0.469 e. The van der Waals surface area contributed by atoms with E-state index in [0.29, 0.717) is 0 Å². The van der Waals surface area contributed by atoms with Crippen LogP contribution >= 0.6 is 0 Å². The van der Waals surface area contributed by atoms with Crippen molar-refractivity contribution in [3.05, 3.63) is 18.7 Å². The van der Waals surface area contributed by atoms with Gasteiger partial charge in [-0.3, -0.25) is 0 Å². The Morgan fingerprint density at radius 1 is 0.205 bits per heavy atom. The van der Waals surface area contributed by atoms with Gasteiger partial charge in [-0.15, -0.1) is 0 Å². The second-order valence-corrected chi connectivity index (χ2v) is 13.6. The molecule has 0 saturated heterocycles. The number of alkyl halides is 46. The van der Waals surface area contributed by atoms with Crippen molar-refractivity contribution in [3.63, 3.8) is 0 Å². The van der Waals surface area contributed by atoms with Crippen molar-refractivity contribution in [2.24, 2.45) is 0 Å². The van der Waals surface area contributed by atoms with E-state index in [1.54, 1.807) is 0 Å². The molecule has 0 aliphatic heterocycles. The molecule has 0 bridgehead atoms. The third kappa shape index (κ3) is 7.63. The molecule has 0 fully saturated rings. The molecule has 0 radical (unpaired) electrons. The molecule has 0 saturated carbocycles. The average molecular weight is 1210 g/mol. The van der Waals surface area contributed by atoms with Crippen molar-refractivity contribution in [2.45, 2.75) is 131 Å². The lowest BCUT2D eigenvalue weighted by Gasteiger charge is -2.46. The Kier molecular flexibility index (Phi) is 14.9. The van der Waals surface area contributed by atoms with Gasteiger partial charge in [-0.2, -0.15) is 211 Å². The Balaban J connectivity index is 4.10. The van der Waals surface area contributed by atoms with Gasteiger partial charge in [0.2, 0.25) is 0 Å². The first kappa shape index (κ1) is 67.0. The van der Waals surface area contributed by atoms with E-state index >= 15 is 0 Å². The molecular formula is C25H3F46N2+. The van der Waals surface area contributed by atoms with E-state index in [2.05, 4.69) is 0 Å². The van der Waals surface area contributed by atoms with Gasteiger partial charge in [-0.1, -0.05) is 0 Å². The van der Waals surface area contributed by atoms with Gasteiger partial charge in [0.15, 0.2) is 0 Å². The number of imidazole rings is 1. The molecule has 0 N–H and O–H groups in total. The molecule has 1 aromatic heterocycles. The Labute approximate surface area is 362 Å². The van der Waals surface area contributed by atoms with Crippen LogP contribution in [0.1, 0.15) is 0 Å². The Bertz CT molecular complexity index is 2150. The third-order valence-electron chi connectivity index (χ3n) is 9.06. The van der Waals surface area contributed by atoms with Crippen LogP contribution in [0.4, 0.5) is 202 Å². The number of hydrogen-bond donors (Lipinski definition) is 0. The van der Waals surface area contributed by atoms with Gasteiger partial charge >= 0.3 is 131 Å². The quantitative estimate of drug-likeness (QED) is 0.0909. The molecule has 0 unspecified atom stereocenters. The molecule has 0 aliphatic carbocycles. The van der Waals surface area contributed by atoms with E-state index < -0.39 is 159 Å². The number of aromatic nitrogens is 2. The first-order valence-corrected chi connectivity index (χ1v) is 15.5. The summed E-state index contributed by atoms with van der Waals surface area (Å²) < 4.78 is 622. The largest absolute Gasteiger partial charge is 0.469 e. The van der Waals surface area contributed by atoms with Gasteiger partial charge in [0, 0.05) is 0 Å². The minimum atomic E-state index is -10.6. The lowest BCUT2D eigenvalue weighted by molar-refractivity contribution is -0.849. The van der Waals surface area contributed by atoms with Gasteiger partial charge in [-0.25, -0.2) is 0 Å². The molecule has 434 valence electrons. The number of hydrogen-bond acceptors (Lipinski definition) is 0. The zero-order chi connectivity index (χ0) is 60.3. The van der Waals surface area contributed by atoms with Crippen molar-refractivity contribution in [1.82, 2.24) is 4.57 Å². The van der Waals surface area contributed by atoms with Crippen molar-refractivity contribution in [1.29, 1.82) is 0 Å². The van der Waals surface area contributed by atoms with Crippen molar-refractivity contribution in [3.8, 4) is 0 Å². The van der Waals surface area contributed by atoms with Gasteiger partial charge < -0.3 is 0 Å². The number of nitrogens with zero attached hydrogens (tertiary/aromatic N) is 2. The summed E-state index contributed by atoms with van der Waals surface area (Å²) in [7, 11) is 0. The molecule has 73 heavy (non-hydrogen) atoms. The summed E-state index contributed by atoms with van der Waals surface area (Å²) in [5.41, 5.74) is 0. The van der Waals surface area contributed by atoms with Crippen LogP contribution in [-0.4, -0.2) is 124 Å². The SMILES string of the molecule is FC(F)(F)C(F)(F)C(F)(F)C(F)(F)C(F)(F)C(F)(F)[n+]1ccn(C(F)(F)C(F)(F)C(F)(F)C(F)(F)C(F)(F)C(F)(F)C(F)(F)C(F)(F)C(F)(F)C(F)(F)C(F)(F)C(F)(F)C(F)(F)C(F)(F)C(F)(F)C(F)(F)F)c1. The van der Waals surface area contributed by atoms with Gasteiger partial charge in [0.05, 0.1) is 0 Å². The highest BCUT2D eigenvalue weighted by molar-refractivity contribution is 5.22. The Morgan fingerprint density at radius 3 is 0.562 bits per heavy atom. The van der Waals surface area contributed by atoms with Crippen LogP contribution in [-0.2, 0) is 12.1 Å². The van der Waals surface area contributed by atoms with E-state index in [1.165, 1.54) is 0 Å². The van der Waals surface area contributed by atoms with Crippen LogP contribution in [0.2, 0.25) is 0 Å². The summed E-state index contributed by atoms with van der Waals surface area (Å²) in [4.78, 5) is 0. The molecular weight excluding hydrogens is 1200 g/mol. The fourth-order valence-electron chi connectivity index (χ4n) is 4.51.